The molecule has 2 aromatic rings. The van der Waals surface area contributed by atoms with Crippen LogP contribution in [0.5, 0.6) is 5.75 Å². The van der Waals surface area contributed by atoms with E-state index in [0.29, 0.717) is 25.6 Å². The van der Waals surface area contributed by atoms with Gasteiger partial charge in [0.25, 0.3) is 5.91 Å². The molecule has 7 nitrogen and oxygen atoms in total. The van der Waals surface area contributed by atoms with Crippen LogP contribution >= 0.6 is 0 Å². The third-order valence-electron chi connectivity index (χ3n) is 4.56. The van der Waals surface area contributed by atoms with Crippen molar-refractivity contribution < 1.29 is 15.0 Å². The van der Waals surface area contributed by atoms with E-state index in [4.69, 9.17) is 0 Å². The molecule has 2 atom stereocenters. The normalized spacial score (nSPS) is 20.2. The highest BCUT2D eigenvalue weighted by molar-refractivity contribution is 5.94. The standard InChI is InChI=1S/C18H24N4O3/c1-11(2)12-3-5-14(6-4-12)22-10-16(24)17(21-22)18(25)20-8-13-7-19-9-15(13)23/h3-6,10-11,13,15,19,23-24H,7-9H2,1-2H3,(H,20,25). The summed E-state index contributed by atoms with van der Waals surface area (Å²) in [6.07, 6.45) is 0.955. The van der Waals surface area contributed by atoms with E-state index in [1.165, 1.54) is 16.4 Å². The van der Waals surface area contributed by atoms with Gasteiger partial charge in [0.15, 0.2) is 11.4 Å². The summed E-state index contributed by atoms with van der Waals surface area (Å²) in [4.78, 5) is 12.3. The Kier molecular flexibility index (Phi) is 5.06. The van der Waals surface area contributed by atoms with Gasteiger partial charge in [0.2, 0.25) is 0 Å². The van der Waals surface area contributed by atoms with Crippen molar-refractivity contribution in [1.29, 1.82) is 0 Å². The predicted octanol–water partition coefficient (Wildman–Crippen LogP) is 1.01. The van der Waals surface area contributed by atoms with Gasteiger partial charge in [0.1, 0.15) is 0 Å². The molecule has 1 amide bonds. The number of rotatable bonds is 5. The van der Waals surface area contributed by atoms with E-state index in [0.717, 1.165) is 5.69 Å². The second-order valence-corrected chi connectivity index (χ2v) is 6.75. The minimum absolute atomic E-state index is 0.0200. The summed E-state index contributed by atoms with van der Waals surface area (Å²) in [7, 11) is 0. The Morgan fingerprint density at radius 1 is 1.36 bits per heavy atom. The maximum Gasteiger partial charge on any atom is 0.275 e. The van der Waals surface area contributed by atoms with Crippen molar-refractivity contribution in [2.45, 2.75) is 25.9 Å². The molecule has 2 heterocycles. The summed E-state index contributed by atoms with van der Waals surface area (Å²) in [5.74, 6) is -0.219. The lowest BCUT2D eigenvalue weighted by molar-refractivity contribution is 0.0919. The number of aliphatic hydroxyl groups excluding tert-OH is 1. The van der Waals surface area contributed by atoms with E-state index in [9.17, 15) is 15.0 Å². The third kappa shape index (κ3) is 3.83. The van der Waals surface area contributed by atoms with Crippen LogP contribution in [-0.2, 0) is 0 Å². The van der Waals surface area contributed by atoms with Gasteiger partial charge in [0, 0.05) is 25.6 Å². The summed E-state index contributed by atoms with van der Waals surface area (Å²) >= 11 is 0. The second-order valence-electron chi connectivity index (χ2n) is 6.75. The number of aromatic nitrogens is 2. The van der Waals surface area contributed by atoms with Crippen molar-refractivity contribution >= 4 is 5.91 Å². The molecule has 0 spiro atoms. The first-order valence-electron chi connectivity index (χ1n) is 8.51. The number of hydrogen-bond donors (Lipinski definition) is 4. The van der Waals surface area contributed by atoms with E-state index in [1.807, 2.05) is 24.3 Å². The molecule has 3 rings (SSSR count). The number of carbonyl (C=O) groups is 1. The fourth-order valence-corrected chi connectivity index (χ4v) is 2.91. The van der Waals surface area contributed by atoms with Crippen molar-refractivity contribution in [2.75, 3.05) is 19.6 Å². The number of β-amino-alcohol motifs (C(OH)–C–C–N with tert-alkyl or cyclic N) is 1. The van der Waals surface area contributed by atoms with E-state index >= 15 is 0 Å². The van der Waals surface area contributed by atoms with E-state index < -0.39 is 12.0 Å². The first-order valence-corrected chi connectivity index (χ1v) is 8.51. The zero-order chi connectivity index (χ0) is 18.0. The molecule has 0 aliphatic carbocycles. The fourth-order valence-electron chi connectivity index (χ4n) is 2.91. The highest BCUT2D eigenvalue weighted by atomic mass is 16.3. The minimum atomic E-state index is -0.467. The highest BCUT2D eigenvalue weighted by Crippen LogP contribution is 2.20. The van der Waals surface area contributed by atoms with Crippen molar-refractivity contribution in [1.82, 2.24) is 20.4 Å². The average Bonchev–Trinajstić information content (AvgIpc) is 3.18. The van der Waals surface area contributed by atoms with Gasteiger partial charge >= 0.3 is 0 Å². The lowest BCUT2D eigenvalue weighted by Gasteiger charge is -2.13. The summed E-state index contributed by atoms with van der Waals surface area (Å²) in [5, 5.41) is 29.8. The molecule has 134 valence electrons. The summed E-state index contributed by atoms with van der Waals surface area (Å²) in [6, 6.07) is 7.83. The number of aliphatic hydroxyl groups is 1. The van der Waals surface area contributed by atoms with Gasteiger partial charge in [-0.3, -0.25) is 4.79 Å². The molecule has 1 aromatic heterocycles. The number of benzene rings is 1. The molecule has 0 radical (unpaired) electrons. The Morgan fingerprint density at radius 3 is 2.68 bits per heavy atom. The largest absolute Gasteiger partial charge is 0.504 e. The zero-order valence-corrected chi connectivity index (χ0v) is 14.4. The van der Waals surface area contributed by atoms with Gasteiger partial charge in [-0.15, -0.1) is 0 Å². The molecule has 4 N–H and O–H groups in total. The molecule has 1 aliphatic rings. The zero-order valence-electron chi connectivity index (χ0n) is 14.4. The Morgan fingerprint density at radius 2 is 2.08 bits per heavy atom. The number of nitrogens with zero attached hydrogens (tertiary/aromatic N) is 2. The monoisotopic (exact) mass is 344 g/mol. The highest BCUT2D eigenvalue weighted by Gasteiger charge is 2.26. The van der Waals surface area contributed by atoms with E-state index in [2.05, 4.69) is 29.6 Å². The summed E-state index contributed by atoms with van der Waals surface area (Å²) in [5.41, 5.74) is 1.96. The molecule has 1 aliphatic heterocycles. The summed E-state index contributed by atoms with van der Waals surface area (Å²) in [6.45, 7) is 5.77. The van der Waals surface area contributed by atoms with Crippen molar-refractivity contribution in [2.24, 2.45) is 5.92 Å². The maximum atomic E-state index is 12.3. The van der Waals surface area contributed by atoms with E-state index in [1.54, 1.807) is 0 Å². The van der Waals surface area contributed by atoms with Crippen LogP contribution in [0.25, 0.3) is 5.69 Å². The Labute approximate surface area is 146 Å². The lowest BCUT2D eigenvalue weighted by atomic mass is 10.0. The molecule has 1 saturated heterocycles. The van der Waals surface area contributed by atoms with Gasteiger partial charge < -0.3 is 20.8 Å². The predicted molar refractivity (Wildman–Crippen MR) is 94.0 cm³/mol. The van der Waals surface area contributed by atoms with Gasteiger partial charge in [-0.2, -0.15) is 5.10 Å². The number of aromatic hydroxyl groups is 1. The number of nitrogens with one attached hydrogen (secondary N) is 2. The second kappa shape index (κ2) is 7.25. The SMILES string of the molecule is CC(C)c1ccc(-n2cc(O)c(C(=O)NCC3CNCC3O)n2)cc1. The van der Waals surface area contributed by atoms with E-state index in [-0.39, 0.29) is 17.4 Å². The molecule has 7 heteroatoms. The number of carbonyl (C=O) groups excluding carboxylic acids is 1. The first kappa shape index (κ1) is 17.4. The molecule has 0 saturated carbocycles. The molecular weight excluding hydrogens is 320 g/mol. The topological polar surface area (TPSA) is 99.4 Å². The third-order valence-corrected chi connectivity index (χ3v) is 4.56. The van der Waals surface area contributed by atoms with Crippen molar-refractivity contribution in [3.63, 3.8) is 0 Å². The van der Waals surface area contributed by atoms with Crippen molar-refractivity contribution in [3.05, 3.63) is 41.7 Å². The molecule has 0 bridgehead atoms. The molecule has 1 aromatic carbocycles. The van der Waals surface area contributed by atoms with Gasteiger partial charge in [0.05, 0.1) is 18.0 Å². The smallest absolute Gasteiger partial charge is 0.275 e. The number of amides is 1. The molecule has 25 heavy (non-hydrogen) atoms. The Bertz CT molecular complexity index is 739. The van der Waals surface area contributed by atoms with Gasteiger partial charge in [-0.05, 0) is 23.6 Å². The van der Waals surface area contributed by atoms with Gasteiger partial charge in [-0.1, -0.05) is 26.0 Å². The minimum Gasteiger partial charge on any atom is -0.504 e. The Balaban J connectivity index is 1.70. The molecule has 2 unspecified atom stereocenters. The van der Waals surface area contributed by atoms with Crippen LogP contribution in [0.1, 0.15) is 35.8 Å². The maximum absolute atomic E-state index is 12.3. The van der Waals surface area contributed by atoms with Crippen LogP contribution in [0.4, 0.5) is 0 Å². The first-order chi connectivity index (χ1) is 12.0. The van der Waals surface area contributed by atoms with Crippen LogP contribution < -0.4 is 10.6 Å². The van der Waals surface area contributed by atoms with Crippen LogP contribution in [0, 0.1) is 5.92 Å². The van der Waals surface area contributed by atoms with Gasteiger partial charge in [-0.25, -0.2) is 4.68 Å². The molecule has 1 fully saturated rings. The summed E-state index contributed by atoms with van der Waals surface area (Å²) < 4.78 is 1.49. The fraction of sp³-hybridized carbons (Fsp3) is 0.444. The Hall–Kier alpha value is -2.38. The van der Waals surface area contributed by atoms with Crippen LogP contribution in [0.2, 0.25) is 0 Å². The van der Waals surface area contributed by atoms with Crippen LogP contribution in [0.15, 0.2) is 30.5 Å². The lowest BCUT2D eigenvalue weighted by Crippen LogP contribution is -2.34. The molecular formula is C18H24N4O3. The quantitative estimate of drug-likeness (QED) is 0.649. The van der Waals surface area contributed by atoms with Crippen molar-refractivity contribution in [3.8, 4) is 11.4 Å². The van der Waals surface area contributed by atoms with Crippen LogP contribution in [0.3, 0.4) is 0 Å². The number of hydrogen-bond acceptors (Lipinski definition) is 5. The average molecular weight is 344 g/mol. The van der Waals surface area contributed by atoms with Crippen LogP contribution in [-0.4, -0.2) is 51.6 Å².